The van der Waals surface area contributed by atoms with Gasteiger partial charge in [0, 0.05) is 39.3 Å². The van der Waals surface area contributed by atoms with Crippen LogP contribution in [0.15, 0.2) is 29.3 Å². The standard InChI is InChI=1S/C22H37N5O/c1-4-13-24-21(28)17-27-15-11-20(12-16-27)26-22(23-3)25-14-10-19-8-6-18(5-2)7-9-19/h6-9,20H,4-5,10-17H2,1-3H3,(H,24,28)(H2,23,25,26). The molecule has 1 aromatic rings. The van der Waals surface area contributed by atoms with Crippen LogP contribution in [0.25, 0.3) is 0 Å². The van der Waals surface area contributed by atoms with E-state index in [1.807, 2.05) is 7.05 Å². The molecule has 2 rings (SSSR count). The van der Waals surface area contributed by atoms with Gasteiger partial charge in [0.05, 0.1) is 6.54 Å². The van der Waals surface area contributed by atoms with Gasteiger partial charge in [-0.2, -0.15) is 0 Å². The predicted molar refractivity (Wildman–Crippen MR) is 117 cm³/mol. The minimum absolute atomic E-state index is 0.137. The van der Waals surface area contributed by atoms with E-state index in [0.29, 0.717) is 12.6 Å². The van der Waals surface area contributed by atoms with Gasteiger partial charge >= 0.3 is 0 Å². The van der Waals surface area contributed by atoms with Crippen LogP contribution in [0.5, 0.6) is 0 Å². The molecule has 0 atom stereocenters. The van der Waals surface area contributed by atoms with Crippen molar-refractivity contribution >= 4 is 11.9 Å². The predicted octanol–water partition coefficient (Wildman–Crippen LogP) is 1.95. The molecule has 6 heteroatoms. The molecule has 1 aliphatic rings. The zero-order valence-corrected chi connectivity index (χ0v) is 17.8. The van der Waals surface area contributed by atoms with Crippen molar-refractivity contribution in [3.63, 3.8) is 0 Å². The number of amides is 1. The maximum atomic E-state index is 11.8. The molecule has 6 nitrogen and oxygen atoms in total. The van der Waals surface area contributed by atoms with Gasteiger partial charge in [-0.05, 0) is 43.2 Å². The SMILES string of the molecule is CCCNC(=O)CN1CCC(NC(=NC)NCCc2ccc(CC)cc2)CC1. The van der Waals surface area contributed by atoms with E-state index < -0.39 is 0 Å². The maximum absolute atomic E-state index is 11.8. The van der Waals surface area contributed by atoms with Crippen LogP contribution >= 0.6 is 0 Å². The molecular formula is C22H37N5O. The second kappa shape index (κ2) is 12.4. The maximum Gasteiger partial charge on any atom is 0.234 e. The summed E-state index contributed by atoms with van der Waals surface area (Å²) >= 11 is 0. The summed E-state index contributed by atoms with van der Waals surface area (Å²) < 4.78 is 0. The fraction of sp³-hybridized carbons (Fsp3) is 0.636. The third-order valence-electron chi connectivity index (χ3n) is 5.23. The molecule has 1 amide bonds. The Kier molecular flexibility index (Phi) is 9.83. The fourth-order valence-electron chi connectivity index (χ4n) is 3.41. The number of guanidine groups is 1. The van der Waals surface area contributed by atoms with E-state index in [2.05, 4.69) is 64.0 Å². The molecule has 28 heavy (non-hydrogen) atoms. The van der Waals surface area contributed by atoms with Crippen LogP contribution in [0.3, 0.4) is 0 Å². The fourth-order valence-corrected chi connectivity index (χ4v) is 3.41. The van der Waals surface area contributed by atoms with Gasteiger partial charge in [0.1, 0.15) is 0 Å². The highest BCUT2D eigenvalue weighted by atomic mass is 16.2. The number of nitrogens with one attached hydrogen (secondary N) is 3. The van der Waals surface area contributed by atoms with Crippen molar-refractivity contribution in [2.24, 2.45) is 4.99 Å². The molecule has 0 spiro atoms. The van der Waals surface area contributed by atoms with Gasteiger partial charge in [-0.15, -0.1) is 0 Å². The lowest BCUT2D eigenvalue weighted by molar-refractivity contribution is -0.122. The van der Waals surface area contributed by atoms with E-state index in [0.717, 1.165) is 64.2 Å². The van der Waals surface area contributed by atoms with Gasteiger partial charge < -0.3 is 16.0 Å². The van der Waals surface area contributed by atoms with E-state index >= 15 is 0 Å². The number of rotatable bonds is 9. The highest BCUT2D eigenvalue weighted by Gasteiger charge is 2.21. The van der Waals surface area contributed by atoms with Gasteiger partial charge in [0.25, 0.3) is 0 Å². The van der Waals surface area contributed by atoms with Crippen LogP contribution in [0, 0.1) is 0 Å². The quantitative estimate of drug-likeness (QED) is 0.447. The molecule has 1 aromatic carbocycles. The van der Waals surface area contributed by atoms with Crippen LogP contribution < -0.4 is 16.0 Å². The minimum Gasteiger partial charge on any atom is -0.356 e. The van der Waals surface area contributed by atoms with Crippen LogP contribution in [-0.4, -0.2) is 62.6 Å². The van der Waals surface area contributed by atoms with Gasteiger partial charge in [-0.3, -0.25) is 14.7 Å². The molecule has 0 unspecified atom stereocenters. The third-order valence-corrected chi connectivity index (χ3v) is 5.23. The number of aryl methyl sites for hydroxylation is 1. The zero-order chi connectivity index (χ0) is 20.2. The highest BCUT2D eigenvalue weighted by molar-refractivity contribution is 5.80. The van der Waals surface area contributed by atoms with Crippen molar-refractivity contribution in [2.45, 2.75) is 52.0 Å². The molecule has 0 bridgehead atoms. The molecule has 1 heterocycles. The Balaban J connectivity index is 1.65. The van der Waals surface area contributed by atoms with Crippen molar-refractivity contribution in [2.75, 3.05) is 39.8 Å². The smallest absolute Gasteiger partial charge is 0.234 e. The number of nitrogens with zero attached hydrogens (tertiary/aromatic N) is 2. The van der Waals surface area contributed by atoms with Crippen molar-refractivity contribution in [3.05, 3.63) is 35.4 Å². The number of likely N-dealkylation sites (tertiary alicyclic amines) is 1. The van der Waals surface area contributed by atoms with Crippen LogP contribution in [0.1, 0.15) is 44.2 Å². The van der Waals surface area contributed by atoms with E-state index in [4.69, 9.17) is 0 Å². The Labute approximate surface area is 170 Å². The van der Waals surface area contributed by atoms with Gasteiger partial charge in [0.2, 0.25) is 5.91 Å². The van der Waals surface area contributed by atoms with E-state index in [-0.39, 0.29) is 5.91 Å². The molecule has 1 fully saturated rings. The number of piperidine rings is 1. The lowest BCUT2D eigenvalue weighted by atomic mass is 10.1. The van der Waals surface area contributed by atoms with E-state index in [1.54, 1.807) is 0 Å². The molecule has 0 saturated carbocycles. The summed E-state index contributed by atoms with van der Waals surface area (Å²) in [6.45, 7) is 8.27. The lowest BCUT2D eigenvalue weighted by Gasteiger charge is -2.32. The molecule has 1 aliphatic heterocycles. The lowest BCUT2D eigenvalue weighted by Crippen LogP contribution is -2.50. The number of carbonyl (C=O) groups is 1. The summed E-state index contributed by atoms with van der Waals surface area (Å²) in [5.74, 6) is 1.00. The summed E-state index contributed by atoms with van der Waals surface area (Å²) in [5, 5.41) is 9.90. The van der Waals surface area contributed by atoms with E-state index in [9.17, 15) is 4.79 Å². The number of benzene rings is 1. The Morgan fingerprint density at radius 2 is 1.75 bits per heavy atom. The van der Waals surface area contributed by atoms with Crippen LogP contribution in [0.2, 0.25) is 0 Å². The summed E-state index contributed by atoms with van der Waals surface area (Å²) in [4.78, 5) is 18.4. The minimum atomic E-state index is 0.137. The highest BCUT2D eigenvalue weighted by Crippen LogP contribution is 2.10. The second-order valence-corrected chi connectivity index (χ2v) is 7.46. The average molecular weight is 388 g/mol. The Bertz CT molecular complexity index is 606. The van der Waals surface area contributed by atoms with Gasteiger partial charge in [-0.25, -0.2) is 0 Å². The summed E-state index contributed by atoms with van der Waals surface area (Å²) in [6, 6.07) is 9.24. The van der Waals surface area contributed by atoms with Crippen molar-refractivity contribution in [1.29, 1.82) is 0 Å². The van der Waals surface area contributed by atoms with Gasteiger partial charge in [0.15, 0.2) is 5.96 Å². The summed E-state index contributed by atoms with van der Waals surface area (Å²) in [5.41, 5.74) is 2.72. The first-order chi connectivity index (χ1) is 13.6. The molecule has 156 valence electrons. The van der Waals surface area contributed by atoms with Crippen molar-refractivity contribution in [1.82, 2.24) is 20.9 Å². The van der Waals surface area contributed by atoms with Crippen LogP contribution in [-0.2, 0) is 17.6 Å². The topological polar surface area (TPSA) is 68.8 Å². The van der Waals surface area contributed by atoms with Crippen molar-refractivity contribution in [3.8, 4) is 0 Å². The largest absolute Gasteiger partial charge is 0.356 e. The first kappa shape index (κ1) is 22.2. The van der Waals surface area contributed by atoms with E-state index in [1.165, 1.54) is 11.1 Å². The zero-order valence-electron chi connectivity index (χ0n) is 17.8. The molecule has 0 aliphatic carbocycles. The normalized spacial score (nSPS) is 16.0. The molecule has 0 aromatic heterocycles. The molecular weight excluding hydrogens is 350 g/mol. The average Bonchev–Trinajstić information content (AvgIpc) is 2.73. The summed E-state index contributed by atoms with van der Waals surface area (Å²) in [6.07, 6.45) is 5.10. The second-order valence-electron chi connectivity index (χ2n) is 7.46. The van der Waals surface area contributed by atoms with Crippen LogP contribution in [0.4, 0.5) is 0 Å². The molecule has 0 radical (unpaired) electrons. The Morgan fingerprint density at radius 1 is 1.07 bits per heavy atom. The first-order valence-corrected chi connectivity index (χ1v) is 10.7. The number of aliphatic imine (C=N–C) groups is 1. The molecule has 1 saturated heterocycles. The number of hydrogen-bond acceptors (Lipinski definition) is 3. The van der Waals surface area contributed by atoms with Gasteiger partial charge in [-0.1, -0.05) is 38.1 Å². The number of carbonyl (C=O) groups excluding carboxylic acids is 1. The molecule has 3 N–H and O–H groups in total. The summed E-state index contributed by atoms with van der Waals surface area (Å²) in [7, 11) is 1.82. The third kappa shape index (κ3) is 7.89. The monoisotopic (exact) mass is 387 g/mol. The first-order valence-electron chi connectivity index (χ1n) is 10.7. The van der Waals surface area contributed by atoms with Crippen molar-refractivity contribution < 1.29 is 4.79 Å². The Hall–Kier alpha value is -2.08. The Morgan fingerprint density at radius 3 is 2.36 bits per heavy atom. The number of hydrogen-bond donors (Lipinski definition) is 3.